The molecule has 2 N–H and O–H groups in total. The van der Waals surface area contributed by atoms with Crippen molar-refractivity contribution in [3.8, 4) is 0 Å². The molecule has 0 spiro atoms. The van der Waals surface area contributed by atoms with Crippen LogP contribution in [0.4, 0.5) is 11.5 Å². The van der Waals surface area contributed by atoms with Crippen molar-refractivity contribution in [2.45, 2.75) is 25.8 Å². The van der Waals surface area contributed by atoms with Crippen LogP contribution in [0, 0.1) is 0 Å². The number of carbonyl (C=O) groups excluding carboxylic acids is 1. The molecule has 1 saturated heterocycles. The molecule has 0 aliphatic carbocycles. The number of esters is 1. The van der Waals surface area contributed by atoms with Crippen molar-refractivity contribution >= 4 is 17.5 Å². The summed E-state index contributed by atoms with van der Waals surface area (Å²) in [6.45, 7) is 3.05. The molecule has 1 aromatic rings. The van der Waals surface area contributed by atoms with Gasteiger partial charge in [-0.2, -0.15) is 0 Å². The summed E-state index contributed by atoms with van der Waals surface area (Å²) in [5.74, 6) is 0.287. The fourth-order valence-electron chi connectivity index (χ4n) is 2.21. The lowest BCUT2D eigenvalue weighted by Gasteiger charge is -2.24. The van der Waals surface area contributed by atoms with Crippen LogP contribution < -0.4 is 10.6 Å². The lowest BCUT2D eigenvalue weighted by atomic mass is 10.2. The Morgan fingerprint density at radius 1 is 1.65 bits per heavy atom. The van der Waals surface area contributed by atoms with E-state index in [2.05, 4.69) is 16.8 Å². The molecule has 1 fully saturated rings. The number of anilines is 2. The van der Waals surface area contributed by atoms with Crippen LogP contribution in [-0.2, 0) is 4.74 Å². The molecule has 1 atom stereocenters. The van der Waals surface area contributed by atoms with Gasteiger partial charge in [0.25, 0.3) is 0 Å². The number of rotatable bonds is 2. The van der Waals surface area contributed by atoms with Crippen molar-refractivity contribution in [1.82, 2.24) is 4.98 Å². The molecule has 1 aliphatic heterocycles. The van der Waals surface area contributed by atoms with Gasteiger partial charge in [-0.3, -0.25) is 0 Å². The van der Waals surface area contributed by atoms with Crippen LogP contribution in [-0.4, -0.2) is 30.6 Å². The van der Waals surface area contributed by atoms with E-state index >= 15 is 0 Å². The number of carbonyl (C=O) groups is 1. The van der Waals surface area contributed by atoms with E-state index in [1.807, 2.05) is 0 Å². The molecule has 5 heteroatoms. The van der Waals surface area contributed by atoms with Gasteiger partial charge in [-0.05, 0) is 25.8 Å². The van der Waals surface area contributed by atoms with Crippen molar-refractivity contribution in [2.75, 3.05) is 24.3 Å². The Hall–Kier alpha value is -1.78. The van der Waals surface area contributed by atoms with E-state index in [0.717, 1.165) is 19.4 Å². The minimum absolute atomic E-state index is 0.390. The van der Waals surface area contributed by atoms with E-state index in [-0.39, 0.29) is 5.97 Å². The van der Waals surface area contributed by atoms with E-state index in [0.29, 0.717) is 23.1 Å². The highest BCUT2D eigenvalue weighted by molar-refractivity contribution is 5.95. The average Bonchev–Trinajstić information content (AvgIpc) is 2.74. The fourth-order valence-corrected chi connectivity index (χ4v) is 2.21. The molecule has 0 aromatic carbocycles. The number of nitrogen functional groups attached to an aromatic ring is 1. The summed E-state index contributed by atoms with van der Waals surface area (Å²) >= 11 is 0. The van der Waals surface area contributed by atoms with Crippen LogP contribution in [0.3, 0.4) is 0 Å². The molecule has 2 heterocycles. The third kappa shape index (κ3) is 2.18. The monoisotopic (exact) mass is 235 g/mol. The first-order chi connectivity index (χ1) is 8.13. The second-order valence-corrected chi connectivity index (χ2v) is 4.32. The van der Waals surface area contributed by atoms with E-state index in [9.17, 15) is 4.79 Å². The van der Waals surface area contributed by atoms with Gasteiger partial charge in [0.2, 0.25) is 0 Å². The highest BCUT2D eigenvalue weighted by atomic mass is 16.5. The summed E-state index contributed by atoms with van der Waals surface area (Å²) in [4.78, 5) is 18.1. The molecular weight excluding hydrogens is 218 g/mol. The summed E-state index contributed by atoms with van der Waals surface area (Å²) in [6.07, 6.45) is 3.81. The number of hydrogen-bond donors (Lipinski definition) is 1. The lowest BCUT2D eigenvalue weighted by Crippen LogP contribution is -2.29. The van der Waals surface area contributed by atoms with E-state index in [1.54, 1.807) is 12.3 Å². The molecule has 0 amide bonds. The summed E-state index contributed by atoms with van der Waals surface area (Å²) in [5, 5.41) is 0. The normalized spacial score (nSPS) is 19.4. The van der Waals surface area contributed by atoms with Crippen LogP contribution in [0.25, 0.3) is 0 Å². The Kier molecular flexibility index (Phi) is 3.17. The van der Waals surface area contributed by atoms with E-state index in [1.165, 1.54) is 7.11 Å². The maximum atomic E-state index is 11.7. The Morgan fingerprint density at radius 2 is 2.41 bits per heavy atom. The van der Waals surface area contributed by atoms with Crippen LogP contribution in [0.1, 0.15) is 30.1 Å². The molecule has 2 rings (SSSR count). The minimum atomic E-state index is -0.390. The Labute approximate surface area is 101 Å². The molecule has 1 aromatic heterocycles. The lowest BCUT2D eigenvalue weighted by molar-refractivity contribution is 0.0601. The predicted molar refractivity (Wildman–Crippen MR) is 66.0 cm³/mol. The number of ether oxygens (including phenoxy) is 1. The molecule has 0 saturated carbocycles. The Balaban J connectivity index is 2.42. The highest BCUT2D eigenvalue weighted by Crippen LogP contribution is 2.28. The van der Waals surface area contributed by atoms with Gasteiger partial charge in [-0.15, -0.1) is 0 Å². The SMILES string of the molecule is COC(=O)c1cc(N)cnc1N1CCCC1C. The largest absolute Gasteiger partial charge is 0.465 e. The Morgan fingerprint density at radius 3 is 3.00 bits per heavy atom. The number of nitrogens with two attached hydrogens (primary N) is 1. The van der Waals surface area contributed by atoms with Crippen LogP contribution in [0.15, 0.2) is 12.3 Å². The van der Waals surface area contributed by atoms with Crippen molar-refractivity contribution < 1.29 is 9.53 Å². The fraction of sp³-hybridized carbons (Fsp3) is 0.500. The smallest absolute Gasteiger partial charge is 0.341 e. The first-order valence-electron chi connectivity index (χ1n) is 5.74. The summed E-state index contributed by atoms with van der Waals surface area (Å²) in [6, 6.07) is 2.02. The van der Waals surface area contributed by atoms with Gasteiger partial charge in [0.05, 0.1) is 19.0 Å². The molecule has 1 unspecified atom stereocenters. The maximum Gasteiger partial charge on any atom is 0.341 e. The van der Waals surface area contributed by atoms with Gasteiger partial charge in [0.15, 0.2) is 0 Å². The minimum Gasteiger partial charge on any atom is -0.465 e. The van der Waals surface area contributed by atoms with Crippen molar-refractivity contribution in [1.29, 1.82) is 0 Å². The quantitative estimate of drug-likeness (QED) is 0.785. The van der Waals surface area contributed by atoms with Gasteiger partial charge in [-0.1, -0.05) is 0 Å². The molecule has 92 valence electrons. The van der Waals surface area contributed by atoms with Gasteiger partial charge in [0.1, 0.15) is 11.4 Å². The molecule has 1 aliphatic rings. The molecular formula is C12H17N3O2. The number of hydrogen-bond acceptors (Lipinski definition) is 5. The zero-order valence-corrected chi connectivity index (χ0v) is 10.1. The zero-order chi connectivity index (χ0) is 12.4. The predicted octanol–water partition coefficient (Wildman–Crippen LogP) is 1.44. The van der Waals surface area contributed by atoms with Gasteiger partial charge >= 0.3 is 5.97 Å². The first kappa shape index (κ1) is 11.7. The number of pyridine rings is 1. The van der Waals surface area contributed by atoms with Gasteiger partial charge < -0.3 is 15.4 Å². The first-order valence-corrected chi connectivity index (χ1v) is 5.74. The molecule has 0 radical (unpaired) electrons. The van der Waals surface area contributed by atoms with E-state index < -0.39 is 0 Å². The molecule has 17 heavy (non-hydrogen) atoms. The second kappa shape index (κ2) is 4.61. The van der Waals surface area contributed by atoms with Crippen LogP contribution in [0.5, 0.6) is 0 Å². The maximum absolute atomic E-state index is 11.7. The second-order valence-electron chi connectivity index (χ2n) is 4.32. The molecule has 5 nitrogen and oxygen atoms in total. The number of aromatic nitrogens is 1. The van der Waals surface area contributed by atoms with Gasteiger partial charge in [0, 0.05) is 12.6 Å². The summed E-state index contributed by atoms with van der Waals surface area (Å²) in [5.41, 5.74) is 6.58. The van der Waals surface area contributed by atoms with Crippen LogP contribution in [0.2, 0.25) is 0 Å². The van der Waals surface area contributed by atoms with Crippen molar-refractivity contribution in [3.63, 3.8) is 0 Å². The number of methoxy groups -OCH3 is 1. The summed E-state index contributed by atoms with van der Waals surface area (Å²) in [7, 11) is 1.36. The highest BCUT2D eigenvalue weighted by Gasteiger charge is 2.26. The van der Waals surface area contributed by atoms with E-state index in [4.69, 9.17) is 10.5 Å². The third-order valence-electron chi connectivity index (χ3n) is 3.12. The standard InChI is InChI=1S/C12H17N3O2/c1-8-4-3-5-15(8)11-10(12(16)17-2)6-9(13)7-14-11/h6-8H,3-5,13H2,1-2H3. The average molecular weight is 235 g/mol. The zero-order valence-electron chi connectivity index (χ0n) is 10.1. The van der Waals surface area contributed by atoms with Crippen molar-refractivity contribution in [3.05, 3.63) is 17.8 Å². The third-order valence-corrected chi connectivity index (χ3v) is 3.12. The topological polar surface area (TPSA) is 68.5 Å². The summed E-state index contributed by atoms with van der Waals surface area (Å²) < 4.78 is 4.77. The van der Waals surface area contributed by atoms with Crippen LogP contribution >= 0.6 is 0 Å². The number of nitrogens with zero attached hydrogens (tertiary/aromatic N) is 2. The molecule has 0 bridgehead atoms. The van der Waals surface area contributed by atoms with Crippen molar-refractivity contribution in [2.24, 2.45) is 0 Å². The van der Waals surface area contributed by atoms with Gasteiger partial charge in [-0.25, -0.2) is 9.78 Å². The Bertz CT molecular complexity index is 434.